The highest BCUT2D eigenvalue weighted by molar-refractivity contribution is 7.99. The molecule has 31 heavy (non-hydrogen) atoms. The summed E-state index contributed by atoms with van der Waals surface area (Å²) in [6, 6.07) is 9.69. The summed E-state index contributed by atoms with van der Waals surface area (Å²) in [7, 11) is 0. The first-order valence-corrected chi connectivity index (χ1v) is 10.1. The van der Waals surface area contributed by atoms with Crippen molar-refractivity contribution in [1.82, 2.24) is 9.55 Å². The lowest BCUT2D eigenvalue weighted by Gasteiger charge is -2.18. The predicted molar refractivity (Wildman–Crippen MR) is 112 cm³/mol. The van der Waals surface area contributed by atoms with Crippen LogP contribution in [0.25, 0.3) is 5.69 Å². The first-order valence-electron chi connectivity index (χ1n) is 9.33. The highest BCUT2D eigenvalue weighted by Crippen LogP contribution is 2.32. The van der Waals surface area contributed by atoms with Gasteiger partial charge in [-0.3, -0.25) is 9.36 Å². The first kappa shape index (κ1) is 22.9. The average molecular weight is 450 g/mol. The molecule has 0 aliphatic carbocycles. The fourth-order valence-corrected chi connectivity index (χ4v) is 3.53. The first-order chi connectivity index (χ1) is 14.4. The van der Waals surface area contributed by atoms with E-state index in [-0.39, 0.29) is 12.2 Å². The van der Waals surface area contributed by atoms with Gasteiger partial charge in [-0.25, -0.2) is 4.98 Å². The molecule has 0 radical (unpaired) electrons. The summed E-state index contributed by atoms with van der Waals surface area (Å²) in [4.78, 5) is 18.0. The minimum Gasteiger partial charge on any atom is -0.474 e. The van der Waals surface area contributed by atoms with E-state index < -0.39 is 17.3 Å². The number of nitrogens with zero attached hydrogens (tertiary/aromatic N) is 2. The van der Waals surface area contributed by atoms with Crippen molar-refractivity contribution in [3.63, 3.8) is 0 Å². The summed E-state index contributed by atoms with van der Waals surface area (Å²) in [5, 5.41) is 9.79. The lowest BCUT2D eigenvalue weighted by atomic mass is 10.2. The van der Waals surface area contributed by atoms with Crippen LogP contribution in [0, 0.1) is 6.92 Å². The summed E-state index contributed by atoms with van der Waals surface area (Å²) in [5.74, 6) is 0.356. The highest BCUT2D eigenvalue weighted by Gasteiger charge is 2.30. The normalized spacial score (nSPS) is 12.1. The van der Waals surface area contributed by atoms with Crippen LogP contribution in [0.2, 0.25) is 0 Å². The van der Waals surface area contributed by atoms with Crippen molar-refractivity contribution in [3.8, 4) is 11.6 Å². The SMILES string of the molecule is Cc1cc(-n2cccc(Sc3ccc(C(F)(F)F)cc3)c2=O)cnc1OCC(C)(C)O. The van der Waals surface area contributed by atoms with Gasteiger partial charge in [-0.05, 0) is 63.2 Å². The molecular formula is C22H21F3N2O3S. The maximum absolute atomic E-state index is 12.9. The zero-order chi connectivity index (χ0) is 22.8. The maximum atomic E-state index is 12.9. The molecule has 0 aliphatic rings. The quantitative estimate of drug-likeness (QED) is 0.581. The molecule has 0 atom stereocenters. The van der Waals surface area contributed by atoms with Crippen LogP contribution in [0.15, 0.2) is 69.4 Å². The minimum atomic E-state index is -4.41. The number of aliphatic hydroxyl groups is 1. The Hall–Kier alpha value is -2.78. The Morgan fingerprint density at radius 1 is 1.16 bits per heavy atom. The molecule has 164 valence electrons. The van der Waals surface area contributed by atoms with Crippen LogP contribution in [0.3, 0.4) is 0 Å². The number of halogens is 3. The van der Waals surface area contributed by atoms with Gasteiger partial charge in [0, 0.05) is 16.7 Å². The van der Waals surface area contributed by atoms with Gasteiger partial charge in [0.05, 0.1) is 27.9 Å². The van der Waals surface area contributed by atoms with E-state index in [0.717, 1.165) is 23.9 Å². The van der Waals surface area contributed by atoms with E-state index in [4.69, 9.17) is 4.74 Å². The topological polar surface area (TPSA) is 64.4 Å². The highest BCUT2D eigenvalue weighted by atomic mass is 32.2. The number of aromatic nitrogens is 2. The van der Waals surface area contributed by atoms with E-state index in [1.807, 2.05) is 0 Å². The molecule has 2 aromatic heterocycles. The van der Waals surface area contributed by atoms with E-state index in [0.29, 0.717) is 26.9 Å². The largest absolute Gasteiger partial charge is 0.474 e. The van der Waals surface area contributed by atoms with Gasteiger partial charge in [0.1, 0.15) is 6.61 Å². The molecule has 0 fully saturated rings. The Kier molecular flexibility index (Phi) is 6.47. The molecule has 0 aliphatic heterocycles. The fourth-order valence-electron chi connectivity index (χ4n) is 2.67. The Labute approximate surface area is 181 Å². The second-order valence-electron chi connectivity index (χ2n) is 7.59. The summed E-state index contributed by atoms with van der Waals surface area (Å²) in [6.07, 6.45) is -1.33. The predicted octanol–water partition coefficient (Wildman–Crippen LogP) is 4.86. The molecule has 0 unspecified atom stereocenters. The third kappa shape index (κ3) is 5.89. The Morgan fingerprint density at radius 2 is 1.84 bits per heavy atom. The molecule has 5 nitrogen and oxygen atoms in total. The molecule has 1 aromatic carbocycles. The molecule has 3 rings (SSSR count). The van der Waals surface area contributed by atoms with Gasteiger partial charge in [-0.1, -0.05) is 11.8 Å². The van der Waals surface area contributed by atoms with Crippen LogP contribution in [-0.4, -0.2) is 26.9 Å². The van der Waals surface area contributed by atoms with E-state index in [1.165, 1.54) is 22.9 Å². The van der Waals surface area contributed by atoms with Crippen molar-refractivity contribution in [3.05, 3.63) is 76.3 Å². The van der Waals surface area contributed by atoms with Gasteiger partial charge in [0.25, 0.3) is 5.56 Å². The van der Waals surface area contributed by atoms with Crippen LogP contribution < -0.4 is 10.3 Å². The molecule has 0 bridgehead atoms. The van der Waals surface area contributed by atoms with Crippen molar-refractivity contribution >= 4 is 11.8 Å². The van der Waals surface area contributed by atoms with Gasteiger partial charge in [-0.15, -0.1) is 0 Å². The number of aryl methyl sites for hydroxylation is 1. The Morgan fingerprint density at radius 3 is 2.42 bits per heavy atom. The van der Waals surface area contributed by atoms with E-state index in [9.17, 15) is 23.1 Å². The smallest absolute Gasteiger partial charge is 0.416 e. The minimum absolute atomic E-state index is 0.0688. The molecule has 0 saturated heterocycles. The van der Waals surface area contributed by atoms with Crippen LogP contribution in [-0.2, 0) is 6.18 Å². The monoisotopic (exact) mass is 450 g/mol. The number of pyridine rings is 2. The lowest BCUT2D eigenvalue weighted by molar-refractivity contribution is -0.137. The summed E-state index contributed by atoms with van der Waals surface area (Å²) in [6.45, 7) is 5.09. The molecular weight excluding hydrogens is 429 g/mol. The number of ether oxygens (including phenoxy) is 1. The summed E-state index contributed by atoms with van der Waals surface area (Å²) < 4.78 is 45.1. The molecule has 0 saturated carbocycles. The van der Waals surface area contributed by atoms with E-state index >= 15 is 0 Å². The zero-order valence-electron chi connectivity index (χ0n) is 17.1. The zero-order valence-corrected chi connectivity index (χ0v) is 17.9. The summed E-state index contributed by atoms with van der Waals surface area (Å²) >= 11 is 1.09. The van der Waals surface area contributed by atoms with Gasteiger partial charge in [-0.2, -0.15) is 13.2 Å². The average Bonchev–Trinajstić information content (AvgIpc) is 2.68. The van der Waals surface area contributed by atoms with E-state index in [1.54, 1.807) is 45.2 Å². The maximum Gasteiger partial charge on any atom is 0.416 e. The number of benzene rings is 1. The Bertz CT molecular complexity index is 1120. The Balaban J connectivity index is 1.84. The number of alkyl halides is 3. The van der Waals surface area contributed by atoms with Crippen molar-refractivity contribution in [1.29, 1.82) is 0 Å². The van der Waals surface area contributed by atoms with Gasteiger partial charge in [0.2, 0.25) is 5.88 Å². The second kappa shape index (κ2) is 8.76. The lowest BCUT2D eigenvalue weighted by Crippen LogP contribution is -2.28. The van der Waals surface area contributed by atoms with Gasteiger partial charge < -0.3 is 9.84 Å². The van der Waals surface area contributed by atoms with Crippen molar-refractivity contribution in [2.75, 3.05) is 6.61 Å². The molecule has 1 N–H and O–H groups in total. The fraction of sp³-hybridized carbons (Fsp3) is 0.273. The molecule has 0 spiro atoms. The van der Waals surface area contributed by atoms with Crippen LogP contribution in [0.1, 0.15) is 25.0 Å². The molecule has 9 heteroatoms. The standard InChI is InChI=1S/C22H21F3N2O3S/c1-14-11-16(12-26-19(14)30-13-21(2,3)29)27-10-4-5-18(20(27)28)31-17-8-6-15(7-9-17)22(23,24)25/h4-12,29H,13H2,1-3H3. The molecule has 0 amide bonds. The van der Waals surface area contributed by atoms with Crippen molar-refractivity contribution < 1.29 is 23.0 Å². The van der Waals surface area contributed by atoms with Crippen LogP contribution in [0.5, 0.6) is 5.88 Å². The number of rotatable bonds is 6. The van der Waals surface area contributed by atoms with Crippen molar-refractivity contribution in [2.45, 2.75) is 42.3 Å². The van der Waals surface area contributed by atoms with Gasteiger partial charge >= 0.3 is 6.18 Å². The number of hydrogen-bond acceptors (Lipinski definition) is 5. The molecule has 3 aromatic rings. The second-order valence-corrected chi connectivity index (χ2v) is 8.70. The summed E-state index contributed by atoms with van der Waals surface area (Å²) in [5.41, 5.74) is -0.856. The van der Waals surface area contributed by atoms with Crippen LogP contribution in [0.4, 0.5) is 13.2 Å². The number of hydrogen-bond donors (Lipinski definition) is 1. The third-order valence-electron chi connectivity index (χ3n) is 4.18. The van der Waals surface area contributed by atoms with Crippen LogP contribution >= 0.6 is 11.8 Å². The van der Waals surface area contributed by atoms with Crippen molar-refractivity contribution in [2.24, 2.45) is 0 Å². The van der Waals surface area contributed by atoms with E-state index in [2.05, 4.69) is 4.98 Å². The third-order valence-corrected chi connectivity index (χ3v) is 5.22. The van der Waals surface area contributed by atoms with Gasteiger partial charge in [0.15, 0.2) is 0 Å². The molecule has 2 heterocycles.